The lowest BCUT2D eigenvalue weighted by Gasteiger charge is -2.12. The Morgan fingerprint density at radius 1 is 1.37 bits per heavy atom. The normalized spacial score (nSPS) is 12.2. The fraction of sp³-hybridized carbons (Fsp3) is 0.154. The van der Waals surface area contributed by atoms with E-state index in [2.05, 4.69) is 5.32 Å². The van der Waals surface area contributed by atoms with Crippen molar-refractivity contribution in [3.05, 3.63) is 51.7 Å². The third-order valence-electron chi connectivity index (χ3n) is 2.66. The quantitative estimate of drug-likeness (QED) is 0.909. The summed E-state index contributed by atoms with van der Waals surface area (Å²) in [5, 5.41) is 3.97. The van der Waals surface area contributed by atoms with Gasteiger partial charge in [0.05, 0.1) is 0 Å². The van der Waals surface area contributed by atoms with Gasteiger partial charge in [0.15, 0.2) is 5.82 Å². The molecule has 1 aromatic heterocycles. The van der Waals surface area contributed by atoms with Crippen molar-refractivity contribution < 1.29 is 13.6 Å². The summed E-state index contributed by atoms with van der Waals surface area (Å²) in [6.45, 7) is 1.49. The lowest BCUT2D eigenvalue weighted by molar-refractivity contribution is -0.117. The number of nitrogens with one attached hydrogen (secondary N) is 1. The number of benzene rings is 1. The maximum Gasteiger partial charge on any atom is 0.246 e. The summed E-state index contributed by atoms with van der Waals surface area (Å²) in [7, 11) is 0. The number of amides is 1. The van der Waals surface area contributed by atoms with Gasteiger partial charge in [-0.15, -0.1) is 11.3 Å². The van der Waals surface area contributed by atoms with Crippen molar-refractivity contribution in [3.8, 4) is 0 Å². The first-order chi connectivity index (χ1) is 9.00. The number of carbonyl (C=O) groups excluding carboxylic acids is 1. The Balaban J connectivity index is 2.22. The number of rotatable bonds is 3. The van der Waals surface area contributed by atoms with E-state index in [1.54, 1.807) is 17.5 Å². The van der Waals surface area contributed by atoms with E-state index >= 15 is 0 Å². The Labute approximate surface area is 113 Å². The molecule has 1 heterocycles. The first-order valence-corrected chi connectivity index (χ1v) is 6.43. The summed E-state index contributed by atoms with van der Waals surface area (Å²) in [5.74, 6) is -2.26. The summed E-state index contributed by atoms with van der Waals surface area (Å²) in [4.78, 5) is 12.5. The Hall–Kier alpha value is -1.79. The molecule has 2 aromatic rings. The number of thiophene rings is 1. The van der Waals surface area contributed by atoms with Crippen molar-refractivity contribution in [1.82, 2.24) is 0 Å². The van der Waals surface area contributed by atoms with Gasteiger partial charge in [-0.05, 0) is 30.0 Å². The van der Waals surface area contributed by atoms with Gasteiger partial charge in [-0.2, -0.15) is 0 Å². The minimum absolute atomic E-state index is 0.251. The maximum atomic E-state index is 13.7. The van der Waals surface area contributed by atoms with Gasteiger partial charge in [0.1, 0.15) is 17.5 Å². The molecule has 0 saturated heterocycles. The van der Waals surface area contributed by atoms with Crippen molar-refractivity contribution in [2.45, 2.75) is 13.0 Å². The highest BCUT2D eigenvalue weighted by molar-refractivity contribution is 7.10. The molecule has 1 amide bonds. The fourth-order valence-electron chi connectivity index (χ4n) is 1.57. The zero-order valence-corrected chi connectivity index (χ0v) is 10.9. The Bertz CT molecular complexity index is 599. The molecule has 1 atom stereocenters. The number of carbonyl (C=O) groups is 1. The van der Waals surface area contributed by atoms with Gasteiger partial charge in [-0.3, -0.25) is 4.79 Å². The van der Waals surface area contributed by atoms with E-state index in [-0.39, 0.29) is 5.56 Å². The molecule has 6 heteroatoms. The molecule has 0 aliphatic carbocycles. The third kappa shape index (κ3) is 2.80. The highest BCUT2D eigenvalue weighted by atomic mass is 32.1. The molecule has 1 unspecified atom stereocenters. The van der Waals surface area contributed by atoms with Crippen LogP contribution in [0.2, 0.25) is 0 Å². The van der Waals surface area contributed by atoms with Crippen molar-refractivity contribution in [1.29, 1.82) is 0 Å². The molecule has 0 spiro atoms. The van der Waals surface area contributed by atoms with Crippen molar-refractivity contribution in [2.75, 3.05) is 5.32 Å². The van der Waals surface area contributed by atoms with Gasteiger partial charge in [-0.1, -0.05) is 12.1 Å². The number of halogens is 2. The van der Waals surface area contributed by atoms with Crippen LogP contribution in [-0.4, -0.2) is 5.91 Å². The molecular weight excluding hydrogens is 270 g/mol. The molecule has 0 bridgehead atoms. The maximum absolute atomic E-state index is 13.7. The first kappa shape index (κ1) is 13.6. The van der Waals surface area contributed by atoms with E-state index in [9.17, 15) is 13.6 Å². The summed E-state index contributed by atoms with van der Waals surface area (Å²) in [6, 6.07) is 4.91. The van der Waals surface area contributed by atoms with Gasteiger partial charge in [-0.25, -0.2) is 8.78 Å². The Kier molecular flexibility index (Phi) is 3.92. The first-order valence-electron chi connectivity index (χ1n) is 5.55. The van der Waals surface area contributed by atoms with Crippen LogP contribution in [0.1, 0.15) is 16.5 Å². The third-order valence-corrected chi connectivity index (χ3v) is 3.62. The smallest absolute Gasteiger partial charge is 0.246 e. The van der Waals surface area contributed by atoms with E-state index in [4.69, 9.17) is 5.73 Å². The van der Waals surface area contributed by atoms with Crippen molar-refractivity contribution >= 4 is 22.9 Å². The molecule has 0 saturated carbocycles. The van der Waals surface area contributed by atoms with E-state index in [1.807, 2.05) is 0 Å². The van der Waals surface area contributed by atoms with Crippen LogP contribution < -0.4 is 11.1 Å². The topological polar surface area (TPSA) is 55.1 Å². The lowest BCUT2D eigenvalue weighted by Crippen LogP contribution is -2.27. The largest absolute Gasteiger partial charge is 0.319 e. The molecule has 0 aliphatic heterocycles. The van der Waals surface area contributed by atoms with Crippen molar-refractivity contribution in [2.24, 2.45) is 5.73 Å². The average Bonchev–Trinajstić information content (AvgIpc) is 2.92. The second kappa shape index (κ2) is 5.46. The van der Waals surface area contributed by atoms with Crippen LogP contribution in [-0.2, 0) is 4.79 Å². The zero-order valence-electron chi connectivity index (χ0n) is 10.1. The molecule has 2 rings (SSSR count). The molecule has 0 fully saturated rings. The molecule has 3 N–H and O–H groups in total. The molecule has 3 nitrogen and oxygen atoms in total. The van der Waals surface area contributed by atoms with Gasteiger partial charge in [0, 0.05) is 4.88 Å². The summed E-state index contributed by atoms with van der Waals surface area (Å²) in [6.07, 6.45) is 0. The van der Waals surface area contributed by atoms with E-state index < -0.39 is 29.3 Å². The zero-order chi connectivity index (χ0) is 14.0. The standard InChI is InChI=1S/C13H12F2N2OS/c1-7-4-5-8(14)12(10(7)15)17-13(18)11(16)9-3-2-6-19-9/h2-6,11H,16H2,1H3,(H,17,18). The highest BCUT2D eigenvalue weighted by Gasteiger charge is 2.20. The lowest BCUT2D eigenvalue weighted by atomic mass is 10.1. The Morgan fingerprint density at radius 2 is 2.11 bits per heavy atom. The van der Waals surface area contributed by atoms with Gasteiger partial charge >= 0.3 is 0 Å². The van der Waals surface area contributed by atoms with Crippen LogP contribution in [0.4, 0.5) is 14.5 Å². The highest BCUT2D eigenvalue weighted by Crippen LogP contribution is 2.24. The number of hydrogen-bond acceptors (Lipinski definition) is 3. The second-order valence-corrected chi connectivity index (χ2v) is 5.01. The SMILES string of the molecule is Cc1ccc(F)c(NC(=O)C(N)c2cccs2)c1F. The van der Waals surface area contributed by atoms with Crippen LogP contribution in [0.3, 0.4) is 0 Å². The minimum Gasteiger partial charge on any atom is -0.319 e. The predicted molar refractivity (Wildman–Crippen MR) is 71.0 cm³/mol. The van der Waals surface area contributed by atoms with Crippen LogP contribution in [0.5, 0.6) is 0 Å². The Morgan fingerprint density at radius 3 is 2.74 bits per heavy atom. The summed E-state index contributed by atoms with van der Waals surface area (Å²) < 4.78 is 27.2. The fourth-order valence-corrected chi connectivity index (χ4v) is 2.29. The number of anilines is 1. The van der Waals surface area contributed by atoms with E-state index in [0.717, 1.165) is 6.07 Å². The number of hydrogen-bond donors (Lipinski definition) is 2. The number of aryl methyl sites for hydroxylation is 1. The average molecular weight is 282 g/mol. The van der Waals surface area contributed by atoms with Gasteiger partial charge < -0.3 is 11.1 Å². The molecule has 0 aliphatic rings. The van der Waals surface area contributed by atoms with Crippen LogP contribution in [0.15, 0.2) is 29.6 Å². The van der Waals surface area contributed by atoms with Gasteiger partial charge in [0.25, 0.3) is 0 Å². The monoisotopic (exact) mass is 282 g/mol. The van der Waals surface area contributed by atoms with Crippen LogP contribution in [0.25, 0.3) is 0 Å². The summed E-state index contributed by atoms with van der Waals surface area (Å²) >= 11 is 1.31. The summed E-state index contributed by atoms with van der Waals surface area (Å²) in [5.41, 5.74) is 5.51. The predicted octanol–water partition coefficient (Wildman–Crippen LogP) is 2.97. The molecule has 0 radical (unpaired) electrons. The van der Waals surface area contributed by atoms with Gasteiger partial charge in [0.2, 0.25) is 5.91 Å². The number of nitrogens with two attached hydrogens (primary N) is 1. The van der Waals surface area contributed by atoms with Crippen LogP contribution >= 0.6 is 11.3 Å². The molecule has 100 valence electrons. The molecule has 19 heavy (non-hydrogen) atoms. The van der Waals surface area contributed by atoms with Crippen LogP contribution in [0, 0.1) is 18.6 Å². The van der Waals surface area contributed by atoms with E-state index in [0.29, 0.717) is 4.88 Å². The molecule has 1 aromatic carbocycles. The minimum atomic E-state index is -0.945. The van der Waals surface area contributed by atoms with Crippen molar-refractivity contribution in [3.63, 3.8) is 0 Å². The second-order valence-electron chi connectivity index (χ2n) is 4.04. The molecular formula is C13H12F2N2OS. The van der Waals surface area contributed by atoms with E-state index in [1.165, 1.54) is 24.3 Å².